The van der Waals surface area contributed by atoms with Crippen molar-refractivity contribution >= 4 is 27.3 Å². The molecule has 0 aromatic carbocycles. The first-order chi connectivity index (χ1) is 8.23. The molecule has 6 heteroatoms. The zero-order chi connectivity index (χ0) is 11.9. The number of hydrogen-bond acceptors (Lipinski definition) is 4. The van der Waals surface area contributed by atoms with Gasteiger partial charge in [-0.1, -0.05) is 0 Å². The number of imidazole rings is 1. The van der Waals surface area contributed by atoms with Crippen molar-refractivity contribution in [3.63, 3.8) is 0 Å². The second kappa shape index (κ2) is 3.95. The summed E-state index contributed by atoms with van der Waals surface area (Å²) in [6.45, 7) is 0.842. The fourth-order valence-corrected chi connectivity index (χ4v) is 3.10. The van der Waals surface area contributed by atoms with Gasteiger partial charge in [0.2, 0.25) is 0 Å². The van der Waals surface area contributed by atoms with Crippen molar-refractivity contribution < 1.29 is 4.74 Å². The van der Waals surface area contributed by atoms with Gasteiger partial charge in [-0.3, -0.25) is 0 Å². The number of halogens is 1. The fraction of sp³-hybridized carbons (Fsp3) is 0.273. The van der Waals surface area contributed by atoms with Crippen molar-refractivity contribution in [3.05, 3.63) is 27.9 Å². The van der Waals surface area contributed by atoms with Crippen LogP contribution in [0.5, 0.6) is 0 Å². The van der Waals surface area contributed by atoms with Gasteiger partial charge in [-0.25, -0.2) is 4.98 Å². The van der Waals surface area contributed by atoms with Crippen LogP contribution in [0.25, 0.3) is 10.6 Å². The lowest BCUT2D eigenvalue weighted by Crippen LogP contribution is -2.46. The Morgan fingerprint density at radius 1 is 1.59 bits per heavy atom. The Morgan fingerprint density at radius 2 is 2.41 bits per heavy atom. The second-order valence-corrected chi connectivity index (χ2v) is 5.79. The van der Waals surface area contributed by atoms with Crippen molar-refractivity contribution in [3.8, 4) is 16.6 Å². The Hall–Kier alpha value is -1.16. The SMILES string of the molecule is N#CC1(c2ncc(-c3cc(Br)cs3)[nH]2)COC1. The fourth-order valence-electron chi connectivity index (χ4n) is 1.70. The first-order valence-corrected chi connectivity index (χ1v) is 6.70. The molecule has 1 aliphatic heterocycles. The molecule has 0 spiro atoms. The minimum atomic E-state index is -0.577. The first-order valence-electron chi connectivity index (χ1n) is 5.02. The summed E-state index contributed by atoms with van der Waals surface area (Å²) in [4.78, 5) is 8.61. The predicted molar refractivity (Wildman–Crippen MR) is 67.7 cm³/mol. The molecule has 3 rings (SSSR count). The summed E-state index contributed by atoms with van der Waals surface area (Å²) in [7, 11) is 0. The molecule has 1 N–H and O–H groups in total. The lowest BCUT2D eigenvalue weighted by atomic mass is 9.87. The lowest BCUT2D eigenvalue weighted by molar-refractivity contribution is -0.0335. The van der Waals surface area contributed by atoms with Crippen molar-refractivity contribution in [2.24, 2.45) is 0 Å². The van der Waals surface area contributed by atoms with Gasteiger partial charge in [0.15, 0.2) is 5.41 Å². The summed E-state index contributed by atoms with van der Waals surface area (Å²) < 4.78 is 6.17. The molecule has 3 heterocycles. The Labute approximate surface area is 110 Å². The van der Waals surface area contributed by atoms with E-state index in [9.17, 15) is 5.26 Å². The molecule has 2 aromatic heterocycles. The molecule has 0 unspecified atom stereocenters. The standard InChI is InChI=1S/C11H8BrN3OS/c12-7-1-9(17-3-7)8-2-14-10(15-8)11(4-13)5-16-6-11/h1-3H,5-6H2,(H,14,15). The third kappa shape index (κ3) is 1.71. The maximum Gasteiger partial charge on any atom is 0.161 e. The quantitative estimate of drug-likeness (QED) is 0.927. The molecule has 0 amide bonds. The largest absolute Gasteiger partial charge is 0.377 e. The molecule has 0 radical (unpaired) electrons. The summed E-state index contributed by atoms with van der Waals surface area (Å²) in [6.07, 6.45) is 1.77. The molecule has 1 saturated heterocycles. The third-order valence-electron chi connectivity index (χ3n) is 2.77. The summed E-state index contributed by atoms with van der Waals surface area (Å²) in [5.41, 5.74) is 0.365. The van der Waals surface area contributed by atoms with Crippen LogP contribution < -0.4 is 0 Å². The van der Waals surface area contributed by atoms with E-state index < -0.39 is 5.41 Å². The molecule has 0 atom stereocenters. The first kappa shape index (κ1) is 11.0. The van der Waals surface area contributed by atoms with Crippen LogP contribution in [-0.2, 0) is 10.2 Å². The van der Waals surface area contributed by atoms with E-state index in [1.54, 1.807) is 17.5 Å². The number of H-pyrrole nitrogens is 1. The lowest BCUT2D eigenvalue weighted by Gasteiger charge is -2.32. The number of rotatable bonds is 2. The van der Waals surface area contributed by atoms with E-state index in [1.807, 2.05) is 11.4 Å². The van der Waals surface area contributed by atoms with E-state index in [0.717, 1.165) is 15.0 Å². The highest BCUT2D eigenvalue weighted by Gasteiger charge is 2.43. The van der Waals surface area contributed by atoms with E-state index in [2.05, 4.69) is 32.0 Å². The monoisotopic (exact) mass is 309 g/mol. The van der Waals surface area contributed by atoms with Crippen molar-refractivity contribution in [1.82, 2.24) is 9.97 Å². The van der Waals surface area contributed by atoms with Gasteiger partial charge < -0.3 is 9.72 Å². The highest BCUT2D eigenvalue weighted by molar-refractivity contribution is 9.10. The topological polar surface area (TPSA) is 61.7 Å². The number of nitrogens with one attached hydrogen (secondary N) is 1. The number of ether oxygens (including phenoxy) is 1. The van der Waals surface area contributed by atoms with Gasteiger partial charge in [0.25, 0.3) is 0 Å². The van der Waals surface area contributed by atoms with E-state index in [1.165, 1.54) is 0 Å². The number of nitrogens with zero attached hydrogens (tertiary/aromatic N) is 2. The molecule has 1 aliphatic rings. The minimum Gasteiger partial charge on any atom is -0.377 e. The van der Waals surface area contributed by atoms with E-state index in [4.69, 9.17) is 4.74 Å². The molecule has 17 heavy (non-hydrogen) atoms. The highest BCUT2D eigenvalue weighted by Crippen LogP contribution is 2.33. The minimum absolute atomic E-state index is 0.421. The summed E-state index contributed by atoms with van der Waals surface area (Å²) in [6, 6.07) is 4.30. The van der Waals surface area contributed by atoms with Crippen LogP contribution >= 0.6 is 27.3 Å². The normalized spacial score (nSPS) is 17.4. The average Bonchev–Trinajstić information content (AvgIpc) is 2.86. The number of aromatic amines is 1. The van der Waals surface area contributed by atoms with Crippen molar-refractivity contribution in [2.45, 2.75) is 5.41 Å². The highest BCUT2D eigenvalue weighted by atomic mass is 79.9. The molecule has 0 bridgehead atoms. The number of nitriles is 1. The van der Waals surface area contributed by atoms with Crippen molar-refractivity contribution in [2.75, 3.05) is 13.2 Å². The zero-order valence-electron chi connectivity index (χ0n) is 8.74. The molecule has 1 fully saturated rings. The van der Waals surface area contributed by atoms with E-state index in [0.29, 0.717) is 19.0 Å². The summed E-state index contributed by atoms with van der Waals surface area (Å²) >= 11 is 5.05. The van der Waals surface area contributed by atoms with Gasteiger partial charge in [-0.05, 0) is 22.0 Å². The van der Waals surface area contributed by atoms with Gasteiger partial charge in [0.05, 0.1) is 36.1 Å². The van der Waals surface area contributed by atoms with E-state index >= 15 is 0 Å². The van der Waals surface area contributed by atoms with Gasteiger partial charge in [-0.2, -0.15) is 5.26 Å². The molecular weight excluding hydrogens is 302 g/mol. The molecular formula is C11H8BrN3OS. The van der Waals surface area contributed by atoms with Crippen molar-refractivity contribution in [1.29, 1.82) is 5.26 Å². The Kier molecular flexibility index (Phi) is 2.54. The van der Waals surface area contributed by atoms with Crippen LogP contribution in [0.3, 0.4) is 0 Å². The van der Waals surface area contributed by atoms with Gasteiger partial charge in [0.1, 0.15) is 5.82 Å². The molecule has 0 saturated carbocycles. The predicted octanol–water partition coefficient (Wildman–Crippen LogP) is 2.69. The molecule has 0 aliphatic carbocycles. The van der Waals surface area contributed by atoms with Crippen LogP contribution in [0.15, 0.2) is 22.1 Å². The van der Waals surface area contributed by atoms with Crippen LogP contribution in [0.2, 0.25) is 0 Å². The molecule has 2 aromatic rings. The van der Waals surface area contributed by atoms with Crippen LogP contribution in [0.1, 0.15) is 5.82 Å². The number of thiophene rings is 1. The Bertz CT molecular complexity index is 594. The average molecular weight is 310 g/mol. The second-order valence-electron chi connectivity index (χ2n) is 3.96. The number of aromatic nitrogens is 2. The summed E-state index contributed by atoms with van der Waals surface area (Å²) in [5, 5.41) is 11.2. The maximum atomic E-state index is 9.18. The smallest absolute Gasteiger partial charge is 0.161 e. The van der Waals surface area contributed by atoms with Gasteiger partial charge in [0, 0.05) is 9.85 Å². The summed E-state index contributed by atoms with van der Waals surface area (Å²) in [5.74, 6) is 0.700. The zero-order valence-corrected chi connectivity index (χ0v) is 11.1. The number of hydrogen-bond donors (Lipinski definition) is 1. The Balaban J connectivity index is 1.96. The molecule has 86 valence electrons. The third-order valence-corrected chi connectivity index (χ3v) is 4.50. The van der Waals surface area contributed by atoms with Crippen LogP contribution in [0, 0.1) is 11.3 Å². The maximum absolute atomic E-state index is 9.18. The van der Waals surface area contributed by atoms with Crippen LogP contribution in [-0.4, -0.2) is 23.2 Å². The molecule has 4 nitrogen and oxygen atoms in total. The van der Waals surface area contributed by atoms with Crippen LogP contribution in [0.4, 0.5) is 0 Å². The van der Waals surface area contributed by atoms with Gasteiger partial charge in [-0.15, -0.1) is 11.3 Å². The van der Waals surface area contributed by atoms with E-state index in [-0.39, 0.29) is 0 Å². The van der Waals surface area contributed by atoms with Gasteiger partial charge >= 0.3 is 0 Å². The Morgan fingerprint density at radius 3 is 2.94 bits per heavy atom.